The zero-order valence-corrected chi connectivity index (χ0v) is 42.9. The fraction of sp³-hybridized carbons (Fsp3) is 0.482. The number of alkyl halides is 1. The van der Waals surface area contributed by atoms with Gasteiger partial charge in [-0.2, -0.15) is 5.10 Å². The number of ether oxygens (including phenoxy) is 2. The van der Waals surface area contributed by atoms with Crippen LogP contribution in [0.4, 0.5) is 23.8 Å². The van der Waals surface area contributed by atoms with Crippen molar-refractivity contribution in [2.24, 2.45) is 30.5 Å². The van der Waals surface area contributed by atoms with E-state index in [4.69, 9.17) is 26.8 Å². The molecule has 0 bridgehead atoms. The van der Waals surface area contributed by atoms with Gasteiger partial charge in [-0.1, -0.05) is 61.8 Å². The van der Waals surface area contributed by atoms with E-state index in [-0.39, 0.29) is 64.9 Å². The molecule has 4 aliphatic heterocycles. The summed E-state index contributed by atoms with van der Waals surface area (Å²) in [5, 5.41) is 11.3. The lowest BCUT2D eigenvalue weighted by Crippen LogP contribution is -2.49. The second-order valence-electron chi connectivity index (χ2n) is 21.0. The number of carbonyl (C=O) groups is 4. The summed E-state index contributed by atoms with van der Waals surface area (Å²) in [6.07, 6.45) is 6.28. The van der Waals surface area contributed by atoms with E-state index >= 15 is 8.78 Å². The van der Waals surface area contributed by atoms with Crippen molar-refractivity contribution in [2.75, 3.05) is 64.0 Å². The Balaban J connectivity index is 0.737. The first-order chi connectivity index (χ1) is 35.6. The van der Waals surface area contributed by atoms with Crippen molar-refractivity contribution >= 4 is 52.1 Å². The molecule has 10 rings (SSSR count). The third kappa shape index (κ3) is 9.71. The highest BCUT2D eigenvalue weighted by molar-refractivity contribution is 6.34. The molecule has 74 heavy (non-hydrogen) atoms. The van der Waals surface area contributed by atoms with Crippen LogP contribution in [-0.2, 0) is 22.2 Å². The largest absolute Gasteiger partial charge is 0.488 e. The van der Waals surface area contributed by atoms with Crippen LogP contribution < -0.4 is 30.7 Å². The summed E-state index contributed by atoms with van der Waals surface area (Å²) in [4.78, 5) is 57.4. The molecule has 0 radical (unpaired) electrons. The topological polar surface area (TPSA) is 164 Å². The van der Waals surface area contributed by atoms with Gasteiger partial charge in [-0.3, -0.25) is 29.3 Å². The van der Waals surface area contributed by atoms with E-state index in [2.05, 4.69) is 50.7 Å². The van der Waals surface area contributed by atoms with E-state index < -0.39 is 53.4 Å². The minimum atomic E-state index is -1.12. The van der Waals surface area contributed by atoms with Gasteiger partial charge >= 0.3 is 6.03 Å². The first kappa shape index (κ1) is 51.3. The first-order valence-electron chi connectivity index (χ1n) is 26.1. The summed E-state index contributed by atoms with van der Waals surface area (Å²) in [5.74, 6) is -1.79. The molecule has 3 saturated heterocycles. The van der Waals surface area contributed by atoms with Crippen LogP contribution in [0.1, 0.15) is 104 Å². The lowest BCUT2D eigenvalue weighted by Gasteiger charge is -2.41. The number of aryl methyl sites for hydroxylation is 1. The Hall–Kier alpha value is -6.17. The molecule has 1 aliphatic carbocycles. The lowest BCUT2D eigenvalue weighted by atomic mass is 9.77. The molecular weight excluding hydrogens is 973 g/mol. The maximum absolute atomic E-state index is 16.5. The normalized spacial score (nSPS) is 24.7. The highest BCUT2D eigenvalue weighted by Gasteiger charge is 2.50. The van der Waals surface area contributed by atoms with Gasteiger partial charge < -0.3 is 30.3 Å². The molecule has 1 aromatic heterocycles. The second-order valence-corrected chi connectivity index (χ2v) is 21.4. The number of rotatable bonds is 14. The number of fused-ring (bicyclic) bond motifs is 2. The standard InChI is InChI=1S/C56H64ClF3N8O6/c1-32-29-66(22-19-39(32)36-11-14-40-43(27-36)65(3)64-53(40)68-25-20-46(69)63-55(68)72)30-34-17-23-67(24-18-34)54(71)35-9-12-38(13-10-35)62-31-56(37-7-5-4-6-8-37)33(2)47-45(74-56)28-42(59)50(57)49(47)48-41(52(61)70)15-16-44(51(48)60)73-26-21-58/h4-8,11,14-16,27-28,32-35,38-39,62H,9-10,12-13,17-26,29-31H2,1-3H3,(H2,61,70)(H,63,69,72)/t32-,33+,35?,38?,39+,56+/m1/s1. The fourth-order valence-corrected chi connectivity index (χ4v) is 12.9. The van der Waals surface area contributed by atoms with Crippen molar-refractivity contribution in [3.8, 4) is 22.6 Å². The Morgan fingerprint density at radius 3 is 2.41 bits per heavy atom. The summed E-state index contributed by atoms with van der Waals surface area (Å²) >= 11 is 6.71. The van der Waals surface area contributed by atoms with Gasteiger partial charge in [0.1, 0.15) is 24.8 Å². The predicted molar refractivity (Wildman–Crippen MR) is 276 cm³/mol. The number of benzene rings is 4. The Bertz CT molecular complexity index is 2960. The molecule has 5 amide bonds. The molecule has 4 N–H and O–H groups in total. The van der Waals surface area contributed by atoms with E-state index in [1.807, 2.05) is 49.0 Å². The molecule has 1 saturated carbocycles. The Kier molecular flexibility index (Phi) is 14.7. The summed E-state index contributed by atoms with van der Waals surface area (Å²) in [6, 6.07) is 19.2. The third-order valence-corrected chi connectivity index (χ3v) is 17.0. The maximum atomic E-state index is 16.5. The van der Waals surface area contributed by atoms with Crippen LogP contribution in [0.2, 0.25) is 5.02 Å². The third-order valence-electron chi connectivity index (χ3n) is 16.6. The van der Waals surface area contributed by atoms with E-state index in [0.29, 0.717) is 35.7 Å². The number of aromatic nitrogens is 2. The molecule has 392 valence electrons. The summed E-state index contributed by atoms with van der Waals surface area (Å²) < 4.78 is 59.4. The van der Waals surface area contributed by atoms with Crippen molar-refractivity contribution in [1.29, 1.82) is 0 Å². The second kappa shape index (κ2) is 21.2. The van der Waals surface area contributed by atoms with Crippen molar-refractivity contribution in [2.45, 2.75) is 88.7 Å². The van der Waals surface area contributed by atoms with Crippen molar-refractivity contribution < 1.29 is 41.8 Å². The quantitative estimate of drug-likeness (QED) is 0.0985. The van der Waals surface area contributed by atoms with Crippen LogP contribution in [0, 0.1) is 29.4 Å². The monoisotopic (exact) mass is 1040 g/mol. The number of hydrogen-bond acceptors (Lipinski definition) is 9. The number of anilines is 1. The number of carbonyl (C=O) groups excluding carboxylic acids is 4. The summed E-state index contributed by atoms with van der Waals surface area (Å²) in [6.45, 7) is 8.06. The number of nitrogens with two attached hydrogens (primary N) is 1. The highest BCUT2D eigenvalue weighted by atomic mass is 35.5. The van der Waals surface area contributed by atoms with Crippen molar-refractivity contribution in [3.63, 3.8) is 0 Å². The van der Waals surface area contributed by atoms with E-state index in [1.54, 1.807) is 4.90 Å². The first-order valence-corrected chi connectivity index (χ1v) is 26.4. The van der Waals surface area contributed by atoms with Crippen LogP contribution >= 0.6 is 11.6 Å². The average molecular weight is 1040 g/mol. The molecule has 4 fully saturated rings. The fourth-order valence-electron chi connectivity index (χ4n) is 12.6. The number of likely N-dealkylation sites (tertiary alicyclic amines) is 2. The molecule has 5 aliphatic rings. The molecule has 5 heterocycles. The van der Waals surface area contributed by atoms with Gasteiger partial charge in [0.25, 0.3) is 0 Å². The van der Waals surface area contributed by atoms with Crippen LogP contribution in [0.5, 0.6) is 11.5 Å². The number of nitrogens with one attached hydrogen (secondary N) is 2. The zero-order valence-electron chi connectivity index (χ0n) is 42.1. The number of halogens is 4. The van der Waals surface area contributed by atoms with Crippen LogP contribution in [0.25, 0.3) is 22.0 Å². The zero-order chi connectivity index (χ0) is 52.0. The van der Waals surface area contributed by atoms with E-state index in [9.17, 15) is 23.6 Å². The van der Waals surface area contributed by atoms with Crippen molar-refractivity contribution in [1.82, 2.24) is 30.2 Å². The van der Waals surface area contributed by atoms with Gasteiger partial charge in [0.05, 0.1) is 16.1 Å². The predicted octanol–water partition coefficient (Wildman–Crippen LogP) is 8.97. The maximum Gasteiger partial charge on any atom is 0.329 e. The van der Waals surface area contributed by atoms with Gasteiger partial charge in [0.2, 0.25) is 17.7 Å². The van der Waals surface area contributed by atoms with E-state index in [0.717, 1.165) is 94.1 Å². The van der Waals surface area contributed by atoms with Gasteiger partial charge in [-0.25, -0.2) is 18.0 Å². The number of hydrogen-bond donors (Lipinski definition) is 3. The van der Waals surface area contributed by atoms with Gasteiger partial charge in [0.15, 0.2) is 23.0 Å². The lowest BCUT2D eigenvalue weighted by molar-refractivity contribution is -0.138. The van der Waals surface area contributed by atoms with Crippen LogP contribution in [-0.4, -0.2) is 108 Å². The summed E-state index contributed by atoms with van der Waals surface area (Å²) in [7, 11) is 1.89. The van der Waals surface area contributed by atoms with Gasteiger partial charge in [-0.15, -0.1) is 0 Å². The number of nitrogens with zero attached hydrogens (tertiary/aromatic N) is 5. The molecule has 0 unspecified atom stereocenters. The van der Waals surface area contributed by atoms with Gasteiger partial charge in [0, 0.05) is 98.8 Å². The van der Waals surface area contributed by atoms with Gasteiger partial charge in [-0.05, 0) is 105 Å². The molecule has 0 spiro atoms. The average Bonchev–Trinajstić information content (AvgIpc) is 3.87. The Morgan fingerprint density at radius 2 is 1.70 bits per heavy atom. The number of primary amides is 1. The Morgan fingerprint density at radius 1 is 0.946 bits per heavy atom. The van der Waals surface area contributed by atoms with E-state index in [1.165, 1.54) is 23.8 Å². The Labute approximate surface area is 434 Å². The van der Waals surface area contributed by atoms with Crippen LogP contribution in [0.15, 0.2) is 66.7 Å². The van der Waals surface area contributed by atoms with Crippen molar-refractivity contribution in [3.05, 3.63) is 106 Å². The molecule has 14 nitrogen and oxygen atoms in total. The molecule has 4 aromatic carbocycles. The number of imide groups is 1. The minimum Gasteiger partial charge on any atom is -0.488 e. The van der Waals surface area contributed by atoms with Crippen LogP contribution in [0.3, 0.4) is 0 Å². The summed E-state index contributed by atoms with van der Waals surface area (Å²) in [5.41, 5.74) is 7.39. The molecule has 5 aromatic rings. The SMILES string of the molecule is C[C@@H]1CN(CC2CCN(C(=O)C3CCC(NC[C@]4(c5ccccc5)Oc5cc(F)c(Cl)c(-c6c(C(N)=O)ccc(OCCF)c6F)c5[C@@H]4C)CC3)CC2)CC[C@@H]1c1ccc2c(N3CCC(=O)NC3=O)nn(C)c2c1. The molecular formula is C56H64ClF3N8O6. The highest BCUT2D eigenvalue weighted by Crippen LogP contribution is 2.56. The minimum absolute atomic E-state index is 0.0581. The smallest absolute Gasteiger partial charge is 0.329 e. The molecule has 18 heteroatoms. The molecule has 4 atom stereocenters. The number of urea groups is 1. The number of piperidine rings is 2. The number of amides is 5.